The van der Waals surface area contributed by atoms with Crippen LogP contribution in [0.4, 0.5) is 0 Å². The number of aliphatic hydroxyl groups is 1. The molecule has 0 aromatic heterocycles. The molecular weight excluding hydrogens is 236 g/mol. The smallest absolute Gasteiger partial charge is 0.322 e. The van der Waals surface area contributed by atoms with E-state index in [1.54, 1.807) is 6.92 Å². The van der Waals surface area contributed by atoms with Gasteiger partial charge < -0.3 is 9.84 Å². The van der Waals surface area contributed by atoms with Crippen LogP contribution in [-0.4, -0.2) is 28.6 Å². The van der Waals surface area contributed by atoms with E-state index in [0.717, 1.165) is 12.8 Å². The largest absolute Gasteiger partial charge is 0.468 e. The molecule has 3 nitrogen and oxygen atoms in total. The molecule has 2 unspecified atom stereocenters. The topological polar surface area (TPSA) is 46.5 Å². The van der Waals surface area contributed by atoms with E-state index >= 15 is 0 Å². The van der Waals surface area contributed by atoms with Gasteiger partial charge in [0.15, 0.2) is 0 Å². The van der Waals surface area contributed by atoms with Crippen LogP contribution in [0.2, 0.25) is 0 Å². The van der Waals surface area contributed by atoms with Crippen molar-refractivity contribution in [1.29, 1.82) is 0 Å². The highest BCUT2D eigenvalue weighted by Crippen LogP contribution is 2.24. The zero-order chi connectivity index (χ0) is 10.5. The molecule has 0 aliphatic carbocycles. The average molecular weight is 253 g/mol. The Morgan fingerprint density at radius 1 is 1.69 bits per heavy atom. The van der Waals surface area contributed by atoms with E-state index in [0.29, 0.717) is 6.42 Å². The summed E-state index contributed by atoms with van der Waals surface area (Å²) >= 11 is 3.13. The number of carbonyl (C=O) groups excluding carboxylic acids is 1. The molecule has 1 N–H and O–H groups in total. The number of unbranched alkanes of at least 4 members (excludes halogenated alkanes) is 1. The van der Waals surface area contributed by atoms with Crippen LogP contribution < -0.4 is 0 Å². The van der Waals surface area contributed by atoms with Crippen molar-refractivity contribution < 1.29 is 14.6 Å². The minimum absolute atomic E-state index is 0.430. The monoisotopic (exact) mass is 252 g/mol. The van der Waals surface area contributed by atoms with Gasteiger partial charge in [-0.05, 0) is 13.3 Å². The zero-order valence-electron chi connectivity index (χ0n) is 8.34. The average Bonchev–Trinajstić information content (AvgIpc) is 2.12. The lowest BCUT2D eigenvalue weighted by atomic mass is 9.95. The highest BCUT2D eigenvalue weighted by molar-refractivity contribution is 9.10. The Morgan fingerprint density at radius 3 is 2.62 bits per heavy atom. The van der Waals surface area contributed by atoms with Crippen molar-refractivity contribution in [2.45, 2.75) is 43.5 Å². The Bertz CT molecular complexity index is 168. The number of esters is 1. The van der Waals surface area contributed by atoms with Crippen LogP contribution in [-0.2, 0) is 9.53 Å². The van der Waals surface area contributed by atoms with Crippen LogP contribution in [0.25, 0.3) is 0 Å². The van der Waals surface area contributed by atoms with Gasteiger partial charge in [-0.1, -0.05) is 35.7 Å². The quantitative estimate of drug-likeness (QED) is 0.601. The van der Waals surface area contributed by atoms with E-state index in [9.17, 15) is 9.90 Å². The Kier molecular flexibility index (Phi) is 5.56. The second kappa shape index (κ2) is 5.60. The molecule has 0 heterocycles. The number of hydrogen-bond donors (Lipinski definition) is 1. The molecule has 0 spiro atoms. The van der Waals surface area contributed by atoms with E-state index in [1.165, 1.54) is 7.11 Å². The maximum Gasteiger partial charge on any atom is 0.322 e. The minimum Gasteiger partial charge on any atom is -0.468 e. The van der Waals surface area contributed by atoms with Crippen LogP contribution in [0, 0.1) is 0 Å². The molecule has 0 saturated carbocycles. The summed E-state index contributed by atoms with van der Waals surface area (Å²) in [5, 5.41) is 9.87. The van der Waals surface area contributed by atoms with E-state index in [-0.39, 0.29) is 0 Å². The summed E-state index contributed by atoms with van der Waals surface area (Å²) in [5.74, 6) is -0.430. The highest BCUT2D eigenvalue weighted by Gasteiger charge is 2.35. The summed E-state index contributed by atoms with van der Waals surface area (Å²) < 4.78 is 4.53. The fraction of sp³-hybridized carbons (Fsp3) is 0.889. The van der Waals surface area contributed by atoms with Crippen molar-refractivity contribution in [2.24, 2.45) is 0 Å². The number of ether oxygens (including phenoxy) is 1. The van der Waals surface area contributed by atoms with Gasteiger partial charge in [0.1, 0.15) is 4.83 Å². The maximum atomic E-state index is 11.1. The van der Waals surface area contributed by atoms with Crippen LogP contribution in [0.3, 0.4) is 0 Å². The molecule has 78 valence electrons. The summed E-state index contributed by atoms with van der Waals surface area (Å²) in [7, 11) is 1.31. The Morgan fingerprint density at radius 2 is 2.23 bits per heavy atom. The van der Waals surface area contributed by atoms with Gasteiger partial charge in [-0.2, -0.15) is 0 Å². The highest BCUT2D eigenvalue weighted by atomic mass is 79.9. The first kappa shape index (κ1) is 12.9. The summed E-state index contributed by atoms with van der Waals surface area (Å²) in [6.45, 7) is 3.68. The van der Waals surface area contributed by atoms with Gasteiger partial charge in [0.25, 0.3) is 0 Å². The Hall–Kier alpha value is -0.0900. The molecule has 0 aromatic rings. The normalized spacial score (nSPS) is 17.6. The van der Waals surface area contributed by atoms with E-state index in [4.69, 9.17) is 0 Å². The van der Waals surface area contributed by atoms with E-state index in [2.05, 4.69) is 20.7 Å². The van der Waals surface area contributed by atoms with Gasteiger partial charge in [0.2, 0.25) is 0 Å². The predicted molar refractivity (Wildman–Crippen MR) is 54.9 cm³/mol. The fourth-order valence-electron chi connectivity index (χ4n) is 1.02. The first-order chi connectivity index (χ1) is 5.95. The molecule has 0 rings (SSSR count). The number of halogens is 1. The number of hydrogen-bond acceptors (Lipinski definition) is 3. The molecule has 0 saturated heterocycles. The SMILES string of the molecule is CCCCC(C)(O)C(Br)C(=O)OC. The van der Waals surface area contributed by atoms with Crippen molar-refractivity contribution in [1.82, 2.24) is 0 Å². The number of alkyl halides is 1. The molecule has 2 atom stereocenters. The van der Waals surface area contributed by atoms with Gasteiger partial charge >= 0.3 is 5.97 Å². The molecule has 0 aromatic carbocycles. The zero-order valence-corrected chi connectivity index (χ0v) is 9.93. The summed E-state index contributed by atoms with van der Waals surface area (Å²) in [6, 6.07) is 0. The molecule has 0 aliphatic heterocycles. The predicted octanol–water partition coefficient (Wildman–Crippen LogP) is 1.86. The lowest BCUT2D eigenvalue weighted by Gasteiger charge is -2.26. The van der Waals surface area contributed by atoms with E-state index in [1.807, 2.05) is 6.92 Å². The van der Waals surface area contributed by atoms with Crippen molar-refractivity contribution in [3.05, 3.63) is 0 Å². The lowest BCUT2D eigenvalue weighted by molar-refractivity contribution is -0.144. The molecule has 0 aliphatic rings. The summed E-state index contributed by atoms with van der Waals surface area (Å²) in [6.07, 6.45) is 2.48. The van der Waals surface area contributed by atoms with Gasteiger partial charge in [-0.3, -0.25) is 4.79 Å². The Balaban J connectivity index is 4.17. The molecule has 0 amide bonds. The van der Waals surface area contributed by atoms with Crippen molar-refractivity contribution in [3.63, 3.8) is 0 Å². The molecule has 13 heavy (non-hydrogen) atoms. The molecule has 4 heteroatoms. The number of methoxy groups -OCH3 is 1. The standard InChI is InChI=1S/C9H17BrO3/c1-4-5-6-9(2,12)7(10)8(11)13-3/h7,12H,4-6H2,1-3H3. The molecule has 0 fully saturated rings. The third kappa shape index (κ3) is 4.09. The van der Waals surface area contributed by atoms with Crippen molar-refractivity contribution in [3.8, 4) is 0 Å². The van der Waals surface area contributed by atoms with Crippen LogP contribution in [0.15, 0.2) is 0 Å². The minimum atomic E-state index is -1.02. The lowest BCUT2D eigenvalue weighted by Crippen LogP contribution is -2.41. The van der Waals surface area contributed by atoms with Gasteiger partial charge in [0, 0.05) is 0 Å². The van der Waals surface area contributed by atoms with Gasteiger partial charge in [-0.15, -0.1) is 0 Å². The second-order valence-electron chi connectivity index (χ2n) is 3.35. The Labute approximate surface area is 87.6 Å². The maximum absolute atomic E-state index is 11.1. The van der Waals surface area contributed by atoms with Crippen LogP contribution >= 0.6 is 15.9 Å². The number of rotatable bonds is 5. The first-order valence-corrected chi connectivity index (χ1v) is 5.31. The van der Waals surface area contributed by atoms with Crippen LogP contribution in [0.1, 0.15) is 33.1 Å². The third-order valence-electron chi connectivity index (χ3n) is 1.99. The third-order valence-corrected chi connectivity index (χ3v) is 3.35. The van der Waals surface area contributed by atoms with Crippen LogP contribution in [0.5, 0.6) is 0 Å². The van der Waals surface area contributed by atoms with E-state index < -0.39 is 16.4 Å². The number of carbonyl (C=O) groups is 1. The summed E-state index contributed by atoms with van der Waals surface area (Å²) in [4.78, 5) is 10.5. The van der Waals surface area contributed by atoms with Crippen molar-refractivity contribution >= 4 is 21.9 Å². The first-order valence-electron chi connectivity index (χ1n) is 4.40. The fourth-order valence-corrected chi connectivity index (χ4v) is 1.43. The molecule has 0 radical (unpaired) electrons. The van der Waals surface area contributed by atoms with Gasteiger partial charge in [0.05, 0.1) is 12.7 Å². The molecular formula is C9H17BrO3. The van der Waals surface area contributed by atoms with Gasteiger partial charge in [-0.25, -0.2) is 0 Å². The second-order valence-corrected chi connectivity index (χ2v) is 4.26. The molecule has 0 bridgehead atoms. The van der Waals surface area contributed by atoms with Crippen molar-refractivity contribution in [2.75, 3.05) is 7.11 Å². The summed E-state index contributed by atoms with van der Waals surface area (Å²) in [5.41, 5.74) is -1.02.